The quantitative estimate of drug-likeness (QED) is 0.894. The maximum absolute atomic E-state index is 11.3. The lowest BCUT2D eigenvalue weighted by Gasteiger charge is -2.30. The van der Waals surface area contributed by atoms with Crippen molar-refractivity contribution in [2.45, 2.75) is 38.5 Å². The van der Waals surface area contributed by atoms with E-state index < -0.39 is 5.97 Å². The molecule has 1 aliphatic heterocycles. The molecule has 1 aromatic heterocycles. The molecule has 2 rings (SSSR count). The minimum atomic E-state index is -0.827. The first kappa shape index (κ1) is 14.4. The highest BCUT2D eigenvalue weighted by Crippen LogP contribution is 2.26. The Morgan fingerprint density at radius 3 is 2.65 bits per heavy atom. The second-order valence-electron chi connectivity index (χ2n) is 5.11. The average molecular weight is 277 g/mol. The Morgan fingerprint density at radius 2 is 2.05 bits per heavy atom. The van der Waals surface area contributed by atoms with Crippen LogP contribution in [0.1, 0.15) is 43.5 Å². The van der Waals surface area contributed by atoms with Gasteiger partial charge in [0.15, 0.2) is 0 Å². The third kappa shape index (κ3) is 3.76. The zero-order valence-corrected chi connectivity index (χ0v) is 11.6. The van der Waals surface area contributed by atoms with Crippen molar-refractivity contribution in [3.8, 4) is 0 Å². The van der Waals surface area contributed by atoms with Gasteiger partial charge in [-0.25, -0.2) is 0 Å². The number of carboxylic acid groups (broad SMARTS) is 1. The lowest BCUT2D eigenvalue weighted by atomic mass is 9.93. The molecule has 6 nitrogen and oxygen atoms in total. The van der Waals surface area contributed by atoms with Gasteiger partial charge in [0.05, 0.1) is 17.8 Å². The standard InChI is InChI=1S/C14H19N3O3/c1-10(18)17-6-4-11(5-7-17)13-9-15-8-12(16-13)2-3-14(19)20/h8-9,11H,2-7H2,1H3,(H,19,20). The largest absolute Gasteiger partial charge is 0.481 e. The molecule has 1 fully saturated rings. The number of aromatic nitrogens is 2. The fourth-order valence-corrected chi connectivity index (χ4v) is 2.47. The first-order chi connectivity index (χ1) is 9.56. The first-order valence-corrected chi connectivity index (χ1v) is 6.84. The topological polar surface area (TPSA) is 83.4 Å². The van der Waals surface area contributed by atoms with Crippen LogP contribution in [-0.4, -0.2) is 44.9 Å². The summed E-state index contributed by atoms with van der Waals surface area (Å²) in [6, 6.07) is 0. The van der Waals surface area contributed by atoms with Crippen molar-refractivity contribution in [1.82, 2.24) is 14.9 Å². The van der Waals surface area contributed by atoms with E-state index in [9.17, 15) is 9.59 Å². The van der Waals surface area contributed by atoms with E-state index in [0.717, 1.165) is 37.3 Å². The molecule has 0 radical (unpaired) electrons. The van der Waals surface area contributed by atoms with E-state index in [2.05, 4.69) is 9.97 Å². The van der Waals surface area contributed by atoms with Crippen molar-refractivity contribution >= 4 is 11.9 Å². The second kappa shape index (κ2) is 6.45. The van der Waals surface area contributed by atoms with Crippen LogP contribution in [0.25, 0.3) is 0 Å². The van der Waals surface area contributed by atoms with E-state index >= 15 is 0 Å². The number of nitrogens with zero attached hydrogens (tertiary/aromatic N) is 3. The molecule has 0 atom stereocenters. The van der Waals surface area contributed by atoms with Crippen molar-refractivity contribution in [1.29, 1.82) is 0 Å². The average Bonchev–Trinajstić information content (AvgIpc) is 2.45. The number of hydrogen-bond acceptors (Lipinski definition) is 4. The number of rotatable bonds is 4. The smallest absolute Gasteiger partial charge is 0.303 e. The summed E-state index contributed by atoms with van der Waals surface area (Å²) in [4.78, 5) is 32.4. The number of hydrogen-bond donors (Lipinski definition) is 1. The van der Waals surface area contributed by atoms with Crippen LogP contribution in [-0.2, 0) is 16.0 Å². The number of aryl methyl sites for hydroxylation is 1. The molecule has 1 amide bonds. The van der Waals surface area contributed by atoms with E-state index in [4.69, 9.17) is 5.11 Å². The van der Waals surface area contributed by atoms with Gasteiger partial charge in [0.2, 0.25) is 5.91 Å². The number of carbonyl (C=O) groups excluding carboxylic acids is 1. The molecular weight excluding hydrogens is 258 g/mol. The summed E-state index contributed by atoms with van der Waals surface area (Å²) < 4.78 is 0. The SMILES string of the molecule is CC(=O)N1CCC(c2cncc(CCC(=O)O)n2)CC1. The first-order valence-electron chi connectivity index (χ1n) is 6.84. The fourth-order valence-electron chi connectivity index (χ4n) is 2.47. The Labute approximate surface area is 117 Å². The van der Waals surface area contributed by atoms with E-state index in [-0.39, 0.29) is 12.3 Å². The molecule has 1 aromatic rings. The molecule has 0 bridgehead atoms. The Kier molecular flexibility index (Phi) is 4.65. The van der Waals surface area contributed by atoms with E-state index in [1.165, 1.54) is 0 Å². The van der Waals surface area contributed by atoms with Gasteiger partial charge in [-0.2, -0.15) is 0 Å². The molecule has 1 N–H and O–H groups in total. The van der Waals surface area contributed by atoms with Gasteiger partial charge in [-0.15, -0.1) is 0 Å². The Morgan fingerprint density at radius 1 is 1.35 bits per heavy atom. The van der Waals surface area contributed by atoms with Crippen LogP contribution in [0.4, 0.5) is 0 Å². The summed E-state index contributed by atoms with van der Waals surface area (Å²) >= 11 is 0. The maximum atomic E-state index is 11.3. The van der Waals surface area contributed by atoms with Crippen molar-refractivity contribution in [2.24, 2.45) is 0 Å². The Balaban J connectivity index is 1.97. The minimum absolute atomic E-state index is 0.0704. The van der Waals surface area contributed by atoms with Gasteiger partial charge in [0.25, 0.3) is 0 Å². The summed E-state index contributed by atoms with van der Waals surface area (Å²) in [5.41, 5.74) is 1.63. The monoisotopic (exact) mass is 277 g/mol. The van der Waals surface area contributed by atoms with Crippen LogP contribution >= 0.6 is 0 Å². The van der Waals surface area contributed by atoms with Crippen molar-refractivity contribution in [2.75, 3.05) is 13.1 Å². The highest BCUT2D eigenvalue weighted by molar-refractivity contribution is 5.73. The van der Waals surface area contributed by atoms with Crippen LogP contribution in [0.15, 0.2) is 12.4 Å². The highest BCUT2D eigenvalue weighted by atomic mass is 16.4. The third-order valence-corrected chi connectivity index (χ3v) is 3.66. The molecule has 0 unspecified atom stereocenters. The molecule has 0 saturated carbocycles. The van der Waals surface area contributed by atoms with Gasteiger partial charge >= 0.3 is 5.97 Å². The zero-order valence-electron chi connectivity index (χ0n) is 11.6. The predicted octanol–water partition coefficient (Wildman–Crippen LogP) is 1.22. The number of likely N-dealkylation sites (tertiary alicyclic amines) is 1. The summed E-state index contributed by atoms with van der Waals surface area (Å²) in [6.45, 7) is 3.09. The van der Waals surface area contributed by atoms with E-state index in [0.29, 0.717) is 12.3 Å². The third-order valence-electron chi connectivity index (χ3n) is 3.66. The van der Waals surface area contributed by atoms with Crippen LogP contribution in [0.2, 0.25) is 0 Å². The van der Waals surface area contributed by atoms with Crippen molar-refractivity contribution in [3.63, 3.8) is 0 Å². The molecule has 20 heavy (non-hydrogen) atoms. The van der Waals surface area contributed by atoms with Gasteiger partial charge in [0, 0.05) is 44.7 Å². The number of piperidine rings is 1. The summed E-state index contributed by atoms with van der Waals surface area (Å²) in [5.74, 6) is -0.403. The van der Waals surface area contributed by atoms with Gasteiger partial charge in [0.1, 0.15) is 0 Å². The van der Waals surface area contributed by atoms with Crippen molar-refractivity contribution in [3.05, 3.63) is 23.8 Å². The predicted molar refractivity (Wildman–Crippen MR) is 72.2 cm³/mol. The Bertz CT molecular complexity index is 496. The van der Waals surface area contributed by atoms with Gasteiger partial charge in [-0.1, -0.05) is 0 Å². The van der Waals surface area contributed by atoms with E-state index in [1.54, 1.807) is 19.3 Å². The van der Waals surface area contributed by atoms with Crippen LogP contribution in [0.3, 0.4) is 0 Å². The lowest BCUT2D eigenvalue weighted by Crippen LogP contribution is -2.36. The van der Waals surface area contributed by atoms with Crippen LogP contribution < -0.4 is 0 Å². The summed E-state index contributed by atoms with van der Waals surface area (Å²) in [6.07, 6.45) is 5.62. The highest BCUT2D eigenvalue weighted by Gasteiger charge is 2.23. The summed E-state index contributed by atoms with van der Waals surface area (Å²) in [7, 11) is 0. The fraction of sp³-hybridized carbons (Fsp3) is 0.571. The molecule has 1 aliphatic rings. The molecular formula is C14H19N3O3. The van der Waals surface area contributed by atoms with Crippen molar-refractivity contribution < 1.29 is 14.7 Å². The molecule has 2 heterocycles. The zero-order chi connectivity index (χ0) is 14.5. The van der Waals surface area contributed by atoms with Crippen LogP contribution in [0, 0.1) is 0 Å². The number of carbonyl (C=O) groups is 2. The molecule has 0 aromatic carbocycles. The number of aliphatic carboxylic acids is 1. The Hall–Kier alpha value is -1.98. The molecule has 1 saturated heterocycles. The van der Waals surface area contributed by atoms with Gasteiger partial charge in [-0.05, 0) is 12.8 Å². The lowest BCUT2D eigenvalue weighted by molar-refractivity contribution is -0.137. The molecule has 6 heteroatoms. The molecule has 108 valence electrons. The van der Waals surface area contributed by atoms with Crippen LogP contribution in [0.5, 0.6) is 0 Å². The second-order valence-corrected chi connectivity index (χ2v) is 5.11. The van der Waals surface area contributed by atoms with E-state index in [1.807, 2.05) is 4.90 Å². The number of amides is 1. The molecule has 0 aliphatic carbocycles. The molecule has 0 spiro atoms. The van der Waals surface area contributed by atoms with Gasteiger partial charge < -0.3 is 10.0 Å². The van der Waals surface area contributed by atoms with Gasteiger partial charge in [-0.3, -0.25) is 19.6 Å². The normalized spacial score (nSPS) is 16.1. The summed E-state index contributed by atoms with van der Waals surface area (Å²) in [5, 5.41) is 8.69. The minimum Gasteiger partial charge on any atom is -0.481 e. The number of carboxylic acids is 1. The maximum Gasteiger partial charge on any atom is 0.303 e.